The predicted molar refractivity (Wildman–Crippen MR) is 101 cm³/mol. The van der Waals surface area contributed by atoms with Crippen LogP contribution in [0.4, 0.5) is 5.82 Å². The summed E-state index contributed by atoms with van der Waals surface area (Å²) < 4.78 is 5.44. The van der Waals surface area contributed by atoms with E-state index in [0.29, 0.717) is 5.92 Å². The molecule has 0 saturated carbocycles. The van der Waals surface area contributed by atoms with E-state index in [4.69, 9.17) is 14.7 Å². The Morgan fingerprint density at radius 1 is 1.21 bits per heavy atom. The van der Waals surface area contributed by atoms with Crippen molar-refractivity contribution in [2.45, 2.75) is 34.2 Å². The molecule has 0 amide bonds. The van der Waals surface area contributed by atoms with Gasteiger partial charge in [-0.15, -0.1) is 11.3 Å². The molecule has 0 unspecified atom stereocenters. The highest BCUT2D eigenvalue weighted by Gasteiger charge is 2.19. The number of hydrogen-bond donors (Lipinski definition) is 0. The first kappa shape index (κ1) is 17.6. The van der Waals surface area contributed by atoms with E-state index >= 15 is 0 Å². The van der Waals surface area contributed by atoms with Gasteiger partial charge in [-0.25, -0.2) is 9.97 Å². The monoisotopic (exact) mass is 348 g/mol. The van der Waals surface area contributed by atoms with Gasteiger partial charge in [-0.05, 0) is 25.3 Å². The van der Waals surface area contributed by atoms with E-state index in [2.05, 4.69) is 44.5 Å². The summed E-state index contributed by atoms with van der Waals surface area (Å²) in [6.07, 6.45) is 0. The van der Waals surface area contributed by atoms with Crippen molar-refractivity contribution in [3.05, 3.63) is 16.3 Å². The van der Waals surface area contributed by atoms with Crippen LogP contribution in [0.25, 0.3) is 10.2 Å². The van der Waals surface area contributed by atoms with Crippen LogP contribution < -0.4 is 4.90 Å². The van der Waals surface area contributed by atoms with Crippen molar-refractivity contribution in [3.63, 3.8) is 0 Å². The summed E-state index contributed by atoms with van der Waals surface area (Å²) in [4.78, 5) is 17.0. The van der Waals surface area contributed by atoms with Crippen LogP contribution in [-0.2, 0) is 11.3 Å². The number of hydrogen-bond acceptors (Lipinski definition) is 6. The number of anilines is 1. The van der Waals surface area contributed by atoms with Crippen LogP contribution in [0.3, 0.4) is 0 Å². The Balaban J connectivity index is 1.98. The van der Waals surface area contributed by atoms with E-state index in [9.17, 15) is 0 Å². The maximum atomic E-state index is 5.44. The molecular weight excluding hydrogens is 320 g/mol. The molecule has 132 valence electrons. The molecule has 2 aromatic rings. The van der Waals surface area contributed by atoms with Crippen LogP contribution in [0.5, 0.6) is 0 Å². The van der Waals surface area contributed by atoms with Gasteiger partial charge in [0.15, 0.2) is 0 Å². The average molecular weight is 349 g/mol. The molecule has 1 fully saturated rings. The van der Waals surface area contributed by atoms with E-state index < -0.39 is 0 Å². The summed E-state index contributed by atoms with van der Waals surface area (Å²) in [5.74, 6) is 2.61. The second kappa shape index (κ2) is 7.33. The summed E-state index contributed by atoms with van der Waals surface area (Å²) in [5.41, 5.74) is 1.32. The molecule has 2 aromatic heterocycles. The number of aromatic nitrogens is 2. The number of nitrogens with zero attached hydrogens (tertiary/aromatic N) is 4. The number of fused-ring (bicyclic) bond motifs is 1. The summed E-state index contributed by atoms with van der Waals surface area (Å²) >= 11 is 1.78. The largest absolute Gasteiger partial charge is 0.379 e. The SMILES string of the molecule is Cc1sc2nc(CN3CCOCC3)nc(N(C)CC(C)C)c2c1C. The zero-order valence-corrected chi connectivity index (χ0v) is 16.2. The van der Waals surface area contributed by atoms with Gasteiger partial charge < -0.3 is 9.64 Å². The lowest BCUT2D eigenvalue weighted by atomic mass is 10.1. The maximum absolute atomic E-state index is 5.44. The van der Waals surface area contributed by atoms with Gasteiger partial charge in [-0.1, -0.05) is 13.8 Å². The number of ether oxygens (including phenoxy) is 1. The standard InChI is InChI=1S/C18H28N4OS/c1-12(2)10-21(5)17-16-13(3)14(4)24-18(16)20-15(19-17)11-22-6-8-23-9-7-22/h12H,6-11H2,1-5H3. The molecule has 0 spiro atoms. The van der Waals surface area contributed by atoms with Gasteiger partial charge in [0.25, 0.3) is 0 Å². The third-order valence-corrected chi connectivity index (χ3v) is 5.63. The third kappa shape index (κ3) is 3.71. The highest BCUT2D eigenvalue weighted by molar-refractivity contribution is 7.18. The van der Waals surface area contributed by atoms with Crippen molar-refractivity contribution in [2.75, 3.05) is 44.8 Å². The van der Waals surface area contributed by atoms with Crippen molar-refractivity contribution in [1.82, 2.24) is 14.9 Å². The fourth-order valence-corrected chi connectivity index (χ4v) is 4.25. The van der Waals surface area contributed by atoms with E-state index in [1.165, 1.54) is 15.8 Å². The van der Waals surface area contributed by atoms with Gasteiger partial charge in [0, 0.05) is 31.6 Å². The summed E-state index contributed by atoms with van der Waals surface area (Å²) in [6, 6.07) is 0. The minimum absolute atomic E-state index is 0.600. The Labute approximate surface area is 148 Å². The van der Waals surface area contributed by atoms with Crippen molar-refractivity contribution in [3.8, 4) is 0 Å². The second-order valence-corrected chi connectivity index (χ2v) is 8.29. The molecular formula is C18H28N4OS. The van der Waals surface area contributed by atoms with E-state index in [0.717, 1.165) is 55.9 Å². The molecule has 0 atom stereocenters. The molecule has 3 heterocycles. The van der Waals surface area contributed by atoms with Crippen LogP contribution in [0.1, 0.15) is 30.1 Å². The summed E-state index contributed by atoms with van der Waals surface area (Å²) in [5, 5.41) is 1.23. The van der Waals surface area contributed by atoms with Gasteiger partial charge >= 0.3 is 0 Å². The van der Waals surface area contributed by atoms with Gasteiger partial charge in [0.05, 0.1) is 25.1 Å². The number of aryl methyl sites for hydroxylation is 2. The molecule has 0 aromatic carbocycles. The highest BCUT2D eigenvalue weighted by atomic mass is 32.1. The van der Waals surface area contributed by atoms with Gasteiger partial charge in [-0.2, -0.15) is 0 Å². The van der Waals surface area contributed by atoms with Crippen LogP contribution in [0.15, 0.2) is 0 Å². The van der Waals surface area contributed by atoms with Crippen LogP contribution in [0, 0.1) is 19.8 Å². The van der Waals surface area contributed by atoms with Crippen molar-refractivity contribution >= 4 is 27.4 Å². The number of rotatable bonds is 5. The second-order valence-electron chi connectivity index (χ2n) is 7.09. The van der Waals surface area contributed by atoms with Crippen LogP contribution >= 0.6 is 11.3 Å². The molecule has 24 heavy (non-hydrogen) atoms. The molecule has 1 saturated heterocycles. The van der Waals surface area contributed by atoms with Gasteiger partial charge in [0.1, 0.15) is 16.5 Å². The van der Waals surface area contributed by atoms with Gasteiger partial charge in [-0.3, -0.25) is 4.90 Å². The molecule has 3 rings (SSSR count). The van der Waals surface area contributed by atoms with Gasteiger partial charge in [0.2, 0.25) is 0 Å². The first-order valence-electron chi connectivity index (χ1n) is 8.73. The zero-order valence-electron chi connectivity index (χ0n) is 15.4. The topological polar surface area (TPSA) is 41.5 Å². The Bertz CT molecular complexity index is 707. The Morgan fingerprint density at radius 3 is 2.58 bits per heavy atom. The van der Waals surface area contributed by atoms with Crippen molar-refractivity contribution in [1.29, 1.82) is 0 Å². The lowest BCUT2D eigenvalue weighted by molar-refractivity contribution is 0.0331. The highest BCUT2D eigenvalue weighted by Crippen LogP contribution is 2.35. The third-order valence-electron chi connectivity index (χ3n) is 4.53. The Kier molecular flexibility index (Phi) is 5.37. The van der Waals surface area contributed by atoms with Crippen LogP contribution in [0.2, 0.25) is 0 Å². The molecule has 1 aliphatic rings. The lowest BCUT2D eigenvalue weighted by Crippen LogP contribution is -2.36. The molecule has 5 nitrogen and oxygen atoms in total. The molecule has 1 aliphatic heterocycles. The average Bonchev–Trinajstić information content (AvgIpc) is 2.81. The molecule has 0 aliphatic carbocycles. The number of morpholine rings is 1. The fourth-order valence-electron chi connectivity index (χ4n) is 3.21. The lowest BCUT2D eigenvalue weighted by Gasteiger charge is -2.27. The Hall–Kier alpha value is -1.24. The smallest absolute Gasteiger partial charge is 0.146 e. The zero-order chi connectivity index (χ0) is 17.3. The number of thiophene rings is 1. The minimum atomic E-state index is 0.600. The van der Waals surface area contributed by atoms with Crippen LogP contribution in [-0.4, -0.2) is 54.8 Å². The summed E-state index contributed by atoms with van der Waals surface area (Å²) in [6.45, 7) is 14.2. The van der Waals surface area contributed by atoms with Crippen molar-refractivity contribution < 1.29 is 4.74 Å². The predicted octanol–water partition coefficient (Wildman–Crippen LogP) is 3.23. The normalized spacial score (nSPS) is 16.2. The quantitative estimate of drug-likeness (QED) is 0.830. The van der Waals surface area contributed by atoms with E-state index in [1.54, 1.807) is 11.3 Å². The summed E-state index contributed by atoms with van der Waals surface area (Å²) in [7, 11) is 2.15. The molecule has 0 N–H and O–H groups in total. The van der Waals surface area contributed by atoms with Crippen molar-refractivity contribution in [2.24, 2.45) is 5.92 Å². The molecule has 0 radical (unpaired) electrons. The Morgan fingerprint density at radius 2 is 1.92 bits per heavy atom. The van der Waals surface area contributed by atoms with E-state index in [-0.39, 0.29) is 0 Å². The van der Waals surface area contributed by atoms with E-state index in [1.807, 2.05) is 0 Å². The minimum Gasteiger partial charge on any atom is -0.379 e. The fraction of sp³-hybridized carbons (Fsp3) is 0.667. The first-order chi connectivity index (χ1) is 11.5. The molecule has 0 bridgehead atoms. The maximum Gasteiger partial charge on any atom is 0.146 e. The first-order valence-corrected chi connectivity index (χ1v) is 9.55. The molecule has 6 heteroatoms.